The van der Waals surface area contributed by atoms with E-state index in [0.29, 0.717) is 30.4 Å². The zero-order valence-electron chi connectivity index (χ0n) is 17.0. The van der Waals surface area contributed by atoms with E-state index in [2.05, 4.69) is 5.32 Å². The van der Waals surface area contributed by atoms with Crippen LogP contribution >= 0.6 is 12.4 Å². The number of likely N-dealkylation sites (tertiary alicyclic amines) is 1. The topological polar surface area (TPSA) is 50.8 Å². The van der Waals surface area contributed by atoms with E-state index in [0.717, 1.165) is 38.2 Å². The van der Waals surface area contributed by atoms with Crippen LogP contribution in [-0.4, -0.2) is 50.7 Å². The largest absolute Gasteiger partial charge is 0.490 e. The van der Waals surface area contributed by atoms with Crippen LogP contribution in [-0.2, 0) is 0 Å². The van der Waals surface area contributed by atoms with Gasteiger partial charge in [0.25, 0.3) is 5.91 Å². The summed E-state index contributed by atoms with van der Waals surface area (Å²) in [6.07, 6.45) is 3.32. The number of nitrogens with one attached hydrogen (secondary N) is 1. The lowest BCUT2D eigenvalue weighted by Gasteiger charge is -2.32. The molecule has 0 saturated carbocycles. The van der Waals surface area contributed by atoms with E-state index in [1.807, 2.05) is 66.5 Å². The Bertz CT molecular complexity index is 734. The Balaban J connectivity index is 0.00000300. The third kappa shape index (κ3) is 6.94. The molecule has 1 saturated heterocycles. The van der Waals surface area contributed by atoms with Crippen molar-refractivity contribution in [3.8, 4) is 11.5 Å². The third-order valence-electron chi connectivity index (χ3n) is 5.17. The number of amides is 1. The van der Waals surface area contributed by atoms with E-state index in [-0.39, 0.29) is 18.3 Å². The maximum atomic E-state index is 13.0. The predicted octanol–water partition coefficient (Wildman–Crippen LogP) is 4.03. The molecule has 29 heavy (non-hydrogen) atoms. The van der Waals surface area contributed by atoms with Gasteiger partial charge in [-0.25, -0.2) is 0 Å². The fraction of sp³-hybridized carbons (Fsp3) is 0.435. The maximum absolute atomic E-state index is 13.0. The molecule has 158 valence electrons. The van der Waals surface area contributed by atoms with Crippen molar-refractivity contribution in [3.05, 3.63) is 60.2 Å². The summed E-state index contributed by atoms with van der Waals surface area (Å²) in [5.41, 5.74) is 0.635. The Hall–Kier alpha value is -2.24. The monoisotopic (exact) mass is 418 g/mol. The first-order valence-corrected chi connectivity index (χ1v) is 10.1. The van der Waals surface area contributed by atoms with E-state index < -0.39 is 0 Å². The standard InChI is InChI=1S/C23H30N2O3.ClH/c1-24-14-11-19-12-15-25(16-13-19)23(26)21-9-5-6-10-22(21)28-18-17-27-20-7-3-2-4-8-20;/h2-10,19,24H,11-18H2,1H3;1H. The Labute approximate surface area is 179 Å². The molecule has 1 heterocycles. The lowest BCUT2D eigenvalue weighted by Crippen LogP contribution is -2.39. The average Bonchev–Trinajstić information content (AvgIpc) is 2.76. The van der Waals surface area contributed by atoms with E-state index in [9.17, 15) is 4.79 Å². The molecule has 1 aliphatic rings. The van der Waals surface area contributed by atoms with Crippen molar-refractivity contribution in [2.45, 2.75) is 19.3 Å². The summed E-state index contributed by atoms with van der Waals surface area (Å²) in [4.78, 5) is 15.0. The molecule has 1 aliphatic heterocycles. The van der Waals surface area contributed by atoms with E-state index in [1.165, 1.54) is 6.42 Å². The molecule has 6 heteroatoms. The molecule has 1 amide bonds. The van der Waals surface area contributed by atoms with E-state index >= 15 is 0 Å². The van der Waals surface area contributed by atoms with Gasteiger partial charge in [0.15, 0.2) is 0 Å². The van der Waals surface area contributed by atoms with Crippen molar-refractivity contribution in [3.63, 3.8) is 0 Å². The van der Waals surface area contributed by atoms with Crippen LogP contribution in [0, 0.1) is 5.92 Å². The fourth-order valence-electron chi connectivity index (χ4n) is 3.54. The smallest absolute Gasteiger partial charge is 0.257 e. The van der Waals surface area contributed by atoms with E-state index in [1.54, 1.807) is 0 Å². The number of benzene rings is 2. The van der Waals surface area contributed by atoms with Crippen LogP contribution in [0.25, 0.3) is 0 Å². The highest BCUT2D eigenvalue weighted by Gasteiger charge is 2.25. The van der Waals surface area contributed by atoms with Gasteiger partial charge < -0.3 is 19.7 Å². The van der Waals surface area contributed by atoms with Gasteiger partial charge in [-0.15, -0.1) is 12.4 Å². The number of carbonyl (C=O) groups is 1. The molecule has 0 atom stereocenters. The first kappa shape index (κ1) is 23.0. The summed E-state index contributed by atoms with van der Waals surface area (Å²) in [5.74, 6) is 2.21. The minimum atomic E-state index is 0. The highest BCUT2D eigenvalue weighted by molar-refractivity contribution is 5.97. The number of hydrogen-bond donors (Lipinski definition) is 1. The van der Waals surface area contributed by atoms with Gasteiger partial charge in [0, 0.05) is 13.1 Å². The summed E-state index contributed by atoms with van der Waals surface area (Å²) >= 11 is 0. The van der Waals surface area contributed by atoms with Gasteiger partial charge in [-0.3, -0.25) is 4.79 Å². The van der Waals surface area contributed by atoms with Crippen molar-refractivity contribution in [1.82, 2.24) is 10.2 Å². The second kappa shape index (κ2) is 12.3. The highest BCUT2D eigenvalue weighted by Crippen LogP contribution is 2.25. The molecule has 0 aromatic heterocycles. The second-order valence-corrected chi connectivity index (χ2v) is 7.13. The van der Waals surface area contributed by atoms with Crippen LogP contribution in [0.15, 0.2) is 54.6 Å². The molecule has 0 unspecified atom stereocenters. The molecular formula is C23H31ClN2O3. The molecule has 0 aliphatic carbocycles. The van der Waals surface area contributed by atoms with Gasteiger partial charge in [-0.2, -0.15) is 0 Å². The molecule has 0 radical (unpaired) electrons. The zero-order chi connectivity index (χ0) is 19.6. The summed E-state index contributed by atoms with van der Waals surface area (Å²) in [7, 11) is 1.99. The number of ether oxygens (including phenoxy) is 2. The first-order valence-electron chi connectivity index (χ1n) is 10.1. The molecule has 5 nitrogen and oxygen atoms in total. The van der Waals surface area contributed by atoms with Crippen molar-refractivity contribution >= 4 is 18.3 Å². The highest BCUT2D eigenvalue weighted by atomic mass is 35.5. The van der Waals surface area contributed by atoms with Crippen molar-refractivity contribution < 1.29 is 14.3 Å². The number of hydrogen-bond acceptors (Lipinski definition) is 4. The van der Waals surface area contributed by atoms with Gasteiger partial charge in [-0.1, -0.05) is 30.3 Å². The van der Waals surface area contributed by atoms with Crippen LogP contribution in [0.3, 0.4) is 0 Å². The van der Waals surface area contributed by atoms with Crippen LogP contribution in [0.4, 0.5) is 0 Å². The fourth-order valence-corrected chi connectivity index (χ4v) is 3.54. The zero-order valence-corrected chi connectivity index (χ0v) is 17.8. The number of halogens is 1. The summed E-state index contributed by atoms with van der Waals surface area (Å²) < 4.78 is 11.5. The Morgan fingerprint density at radius 3 is 2.38 bits per heavy atom. The minimum absolute atomic E-state index is 0. The lowest BCUT2D eigenvalue weighted by molar-refractivity contribution is 0.0682. The molecule has 2 aromatic rings. The maximum Gasteiger partial charge on any atom is 0.257 e. The summed E-state index contributed by atoms with van der Waals surface area (Å²) in [5, 5.41) is 3.21. The number of piperidine rings is 1. The molecule has 0 spiro atoms. The van der Waals surface area contributed by atoms with Crippen LogP contribution < -0.4 is 14.8 Å². The van der Waals surface area contributed by atoms with Gasteiger partial charge in [0.1, 0.15) is 24.7 Å². The summed E-state index contributed by atoms with van der Waals surface area (Å²) in [6, 6.07) is 17.1. The van der Waals surface area contributed by atoms with E-state index in [4.69, 9.17) is 9.47 Å². The molecule has 2 aromatic carbocycles. The predicted molar refractivity (Wildman–Crippen MR) is 118 cm³/mol. The van der Waals surface area contributed by atoms with Gasteiger partial charge in [0.05, 0.1) is 5.56 Å². The van der Waals surface area contributed by atoms with Gasteiger partial charge in [0.2, 0.25) is 0 Å². The second-order valence-electron chi connectivity index (χ2n) is 7.13. The summed E-state index contributed by atoms with van der Waals surface area (Å²) in [6.45, 7) is 3.51. The molecule has 1 fully saturated rings. The average molecular weight is 419 g/mol. The van der Waals surface area contributed by atoms with Crippen LogP contribution in [0.1, 0.15) is 29.6 Å². The van der Waals surface area contributed by atoms with Crippen molar-refractivity contribution in [2.24, 2.45) is 5.92 Å². The number of rotatable bonds is 9. The molecule has 0 bridgehead atoms. The minimum Gasteiger partial charge on any atom is -0.490 e. The molecule has 3 rings (SSSR count). The third-order valence-corrected chi connectivity index (χ3v) is 5.17. The number of carbonyl (C=O) groups excluding carboxylic acids is 1. The van der Waals surface area contributed by atoms with Gasteiger partial charge in [-0.05, 0) is 63.0 Å². The first-order chi connectivity index (χ1) is 13.8. The lowest BCUT2D eigenvalue weighted by atomic mass is 9.93. The van der Waals surface area contributed by atoms with Crippen molar-refractivity contribution in [2.75, 3.05) is 39.9 Å². The SMILES string of the molecule is CNCCC1CCN(C(=O)c2ccccc2OCCOc2ccccc2)CC1.Cl. The van der Waals surface area contributed by atoms with Gasteiger partial charge >= 0.3 is 0 Å². The Morgan fingerprint density at radius 1 is 1.00 bits per heavy atom. The van der Waals surface area contributed by atoms with Crippen LogP contribution in [0.2, 0.25) is 0 Å². The number of para-hydroxylation sites is 2. The van der Waals surface area contributed by atoms with Crippen LogP contribution in [0.5, 0.6) is 11.5 Å². The molecule has 1 N–H and O–H groups in total. The Morgan fingerprint density at radius 2 is 1.66 bits per heavy atom. The normalized spacial score (nSPS) is 14.2. The quantitative estimate of drug-likeness (QED) is 0.625. The molecular weight excluding hydrogens is 388 g/mol. The van der Waals surface area contributed by atoms with Crippen molar-refractivity contribution in [1.29, 1.82) is 0 Å². The Kier molecular flexibility index (Phi) is 9.81. The number of nitrogens with zero attached hydrogens (tertiary/aromatic N) is 1.